The van der Waals surface area contributed by atoms with Crippen LogP contribution in [0.25, 0.3) is 11.1 Å². The highest BCUT2D eigenvalue weighted by atomic mass is 32.2. The van der Waals surface area contributed by atoms with E-state index in [0.717, 1.165) is 27.3 Å². The van der Waals surface area contributed by atoms with E-state index >= 15 is 0 Å². The summed E-state index contributed by atoms with van der Waals surface area (Å²) < 4.78 is 10.7. The first-order valence-electron chi connectivity index (χ1n) is 6.92. The van der Waals surface area contributed by atoms with Crippen LogP contribution in [0.3, 0.4) is 0 Å². The first-order chi connectivity index (χ1) is 10.7. The third kappa shape index (κ3) is 2.62. The Morgan fingerprint density at radius 1 is 1.09 bits per heavy atom. The molecule has 3 nitrogen and oxygen atoms in total. The number of ether oxygens (including phenoxy) is 2. The first kappa shape index (κ1) is 14.7. The zero-order valence-corrected chi connectivity index (χ0v) is 13.3. The van der Waals surface area contributed by atoms with Crippen molar-refractivity contribution in [1.29, 1.82) is 0 Å². The Bertz CT molecular complexity index is 735. The van der Waals surface area contributed by atoms with Crippen molar-refractivity contribution in [3.05, 3.63) is 59.7 Å². The van der Waals surface area contributed by atoms with Crippen molar-refractivity contribution in [2.24, 2.45) is 0 Å². The number of hydrogen-bond donors (Lipinski definition) is 0. The van der Waals surface area contributed by atoms with Crippen LogP contribution in [0.1, 0.15) is 11.1 Å². The van der Waals surface area contributed by atoms with Gasteiger partial charge in [0.25, 0.3) is 0 Å². The average molecular weight is 312 g/mol. The molecule has 112 valence electrons. The Hall–Kier alpha value is -2.20. The van der Waals surface area contributed by atoms with Crippen LogP contribution < -0.4 is 4.74 Å². The maximum Gasteiger partial charge on any atom is 0.339 e. The van der Waals surface area contributed by atoms with E-state index in [9.17, 15) is 4.79 Å². The van der Waals surface area contributed by atoms with Gasteiger partial charge < -0.3 is 9.47 Å². The van der Waals surface area contributed by atoms with Gasteiger partial charge in [-0.25, -0.2) is 4.79 Å². The molecule has 1 aliphatic heterocycles. The van der Waals surface area contributed by atoms with Gasteiger partial charge in [-0.2, -0.15) is 0 Å². The summed E-state index contributed by atoms with van der Waals surface area (Å²) in [6.45, 7) is 0.296. The number of esters is 1. The Balaban J connectivity index is 2.13. The largest absolute Gasteiger partial charge is 0.496 e. The van der Waals surface area contributed by atoms with Crippen molar-refractivity contribution < 1.29 is 14.3 Å². The molecule has 2 aromatic rings. The smallest absolute Gasteiger partial charge is 0.339 e. The molecule has 0 saturated carbocycles. The second-order valence-corrected chi connectivity index (χ2v) is 5.71. The predicted molar refractivity (Wildman–Crippen MR) is 89.0 cm³/mol. The third-order valence-corrected chi connectivity index (χ3v) is 4.43. The molecule has 1 aliphatic rings. The third-order valence-electron chi connectivity index (χ3n) is 3.65. The Labute approximate surface area is 133 Å². The highest BCUT2D eigenvalue weighted by Gasteiger charge is 2.27. The number of methoxy groups -OCH3 is 1. The van der Waals surface area contributed by atoms with Crippen molar-refractivity contribution >= 4 is 28.9 Å². The number of benzene rings is 2. The van der Waals surface area contributed by atoms with Crippen molar-refractivity contribution in [2.75, 3.05) is 20.0 Å². The highest BCUT2D eigenvalue weighted by Crippen LogP contribution is 2.36. The summed E-state index contributed by atoms with van der Waals surface area (Å²) in [6, 6.07) is 15.6. The fourth-order valence-corrected chi connectivity index (χ4v) is 3.10. The summed E-state index contributed by atoms with van der Waals surface area (Å²) in [6.07, 6.45) is 2.01. The lowest BCUT2D eigenvalue weighted by Crippen LogP contribution is -1.98. The molecule has 0 atom stereocenters. The summed E-state index contributed by atoms with van der Waals surface area (Å²) in [4.78, 5) is 13.2. The van der Waals surface area contributed by atoms with Crippen LogP contribution in [0.2, 0.25) is 0 Å². The lowest BCUT2D eigenvalue weighted by Gasteiger charge is -2.10. The van der Waals surface area contributed by atoms with Gasteiger partial charge in [0.15, 0.2) is 0 Å². The second kappa shape index (κ2) is 6.28. The van der Waals surface area contributed by atoms with Crippen molar-refractivity contribution in [3.8, 4) is 5.75 Å². The van der Waals surface area contributed by atoms with Crippen LogP contribution in [-0.2, 0) is 9.53 Å². The van der Waals surface area contributed by atoms with Crippen LogP contribution in [0, 0.1) is 0 Å². The van der Waals surface area contributed by atoms with Gasteiger partial charge in [-0.05, 0) is 29.5 Å². The van der Waals surface area contributed by atoms with Crippen LogP contribution in [-0.4, -0.2) is 25.9 Å². The molecule has 2 aromatic carbocycles. The van der Waals surface area contributed by atoms with Gasteiger partial charge in [-0.3, -0.25) is 0 Å². The molecule has 0 fully saturated rings. The minimum Gasteiger partial charge on any atom is -0.496 e. The molecular formula is C18H16O3S. The lowest BCUT2D eigenvalue weighted by atomic mass is 9.96. The quantitative estimate of drug-likeness (QED) is 0.634. The van der Waals surface area contributed by atoms with E-state index < -0.39 is 0 Å². The minimum atomic E-state index is -0.269. The zero-order chi connectivity index (χ0) is 15.5. The lowest BCUT2D eigenvalue weighted by molar-refractivity contribution is -0.133. The molecule has 4 heteroatoms. The molecule has 1 heterocycles. The van der Waals surface area contributed by atoms with Gasteiger partial charge in [0.2, 0.25) is 0 Å². The van der Waals surface area contributed by atoms with E-state index in [1.807, 2.05) is 54.8 Å². The van der Waals surface area contributed by atoms with Crippen molar-refractivity contribution in [2.45, 2.75) is 4.90 Å². The molecular weight excluding hydrogens is 296 g/mol. The predicted octanol–water partition coefficient (Wildman–Crippen LogP) is 3.88. The van der Waals surface area contributed by atoms with Crippen molar-refractivity contribution in [3.63, 3.8) is 0 Å². The fourth-order valence-electron chi connectivity index (χ4n) is 2.55. The van der Waals surface area contributed by atoms with Gasteiger partial charge in [0.05, 0.1) is 12.7 Å². The molecule has 0 saturated heterocycles. The van der Waals surface area contributed by atoms with Gasteiger partial charge in [-0.1, -0.05) is 36.4 Å². The van der Waals surface area contributed by atoms with E-state index in [-0.39, 0.29) is 5.97 Å². The Morgan fingerprint density at radius 3 is 2.55 bits per heavy atom. The van der Waals surface area contributed by atoms with Gasteiger partial charge in [-0.15, -0.1) is 11.8 Å². The summed E-state index contributed by atoms with van der Waals surface area (Å²) in [5.41, 5.74) is 3.38. The van der Waals surface area contributed by atoms with E-state index in [1.54, 1.807) is 18.9 Å². The van der Waals surface area contributed by atoms with Gasteiger partial charge in [0, 0.05) is 10.5 Å². The second-order valence-electron chi connectivity index (χ2n) is 4.87. The molecule has 0 aromatic heterocycles. The number of rotatable bonds is 4. The number of cyclic esters (lactones) is 1. The van der Waals surface area contributed by atoms with Crippen LogP contribution in [0.4, 0.5) is 0 Å². The van der Waals surface area contributed by atoms with Crippen molar-refractivity contribution in [1.82, 2.24) is 0 Å². The monoisotopic (exact) mass is 312 g/mol. The van der Waals surface area contributed by atoms with Crippen LogP contribution in [0.5, 0.6) is 5.75 Å². The van der Waals surface area contributed by atoms with Gasteiger partial charge >= 0.3 is 5.97 Å². The highest BCUT2D eigenvalue weighted by molar-refractivity contribution is 7.98. The standard InChI is InChI=1S/C18H16O3S/c1-20-15-10-13(8-9-16(15)22-2)14-11-21-18(19)17(14)12-6-4-3-5-7-12/h3-10H,11H2,1-2H3. The molecule has 22 heavy (non-hydrogen) atoms. The summed E-state index contributed by atoms with van der Waals surface area (Å²) in [5.74, 6) is 0.540. The zero-order valence-electron chi connectivity index (χ0n) is 12.5. The summed E-state index contributed by atoms with van der Waals surface area (Å²) in [5, 5.41) is 0. The average Bonchev–Trinajstić information content (AvgIpc) is 2.96. The molecule has 0 amide bonds. The number of thioether (sulfide) groups is 1. The van der Waals surface area contributed by atoms with E-state index in [4.69, 9.17) is 9.47 Å². The Kier molecular flexibility index (Phi) is 4.20. The summed E-state index contributed by atoms with van der Waals surface area (Å²) >= 11 is 1.63. The maximum absolute atomic E-state index is 12.1. The van der Waals surface area contributed by atoms with E-state index in [0.29, 0.717) is 12.2 Å². The molecule has 0 unspecified atom stereocenters. The fraction of sp³-hybridized carbons (Fsp3) is 0.167. The first-order valence-corrected chi connectivity index (χ1v) is 8.15. The SMILES string of the molecule is COc1cc(C2=C(c3ccccc3)C(=O)OC2)ccc1SC. The topological polar surface area (TPSA) is 35.5 Å². The molecule has 3 rings (SSSR count). The molecule has 0 bridgehead atoms. The Morgan fingerprint density at radius 2 is 1.86 bits per heavy atom. The van der Waals surface area contributed by atoms with Gasteiger partial charge in [0.1, 0.15) is 12.4 Å². The van der Waals surface area contributed by atoms with E-state index in [1.165, 1.54) is 0 Å². The minimum absolute atomic E-state index is 0.269. The normalized spacial score (nSPS) is 14.2. The number of hydrogen-bond acceptors (Lipinski definition) is 4. The van der Waals surface area contributed by atoms with Crippen LogP contribution in [0.15, 0.2) is 53.4 Å². The molecule has 0 aliphatic carbocycles. The molecule has 0 N–H and O–H groups in total. The number of carbonyl (C=O) groups is 1. The number of carbonyl (C=O) groups excluding carboxylic acids is 1. The molecule has 0 radical (unpaired) electrons. The van der Waals surface area contributed by atoms with Crippen LogP contribution >= 0.6 is 11.8 Å². The summed E-state index contributed by atoms with van der Waals surface area (Å²) in [7, 11) is 1.65. The maximum atomic E-state index is 12.1. The van der Waals surface area contributed by atoms with E-state index in [2.05, 4.69) is 0 Å². The molecule has 0 spiro atoms.